The zero-order valence-electron chi connectivity index (χ0n) is 11.7. The molecule has 4 rings (SSSR count). The highest BCUT2D eigenvalue weighted by atomic mass is 32.1. The van der Waals surface area contributed by atoms with E-state index in [1.807, 2.05) is 72.1 Å². The lowest BCUT2D eigenvalue weighted by Gasteiger charge is -2.10. The summed E-state index contributed by atoms with van der Waals surface area (Å²) < 4.78 is 5.53. The minimum atomic E-state index is -0.298. The molecule has 2 aromatic heterocycles. The molecule has 0 spiro atoms. The molecule has 4 aromatic rings. The molecule has 0 saturated heterocycles. The Morgan fingerprint density at radius 2 is 1.55 bits per heavy atom. The van der Waals surface area contributed by atoms with Gasteiger partial charge in [-0.25, -0.2) is 4.79 Å². The molecule has 0 radical (unpaired) electrons. The fourth-order valence-corrected chi connectivity index (χ4v) is 3.48. The summed E-state index contributed by atoms with van der Waals surface area (Å²) in [6, 6.07) is 21.4. The van der Waals surface area contributed by atoms with Crippen molar-refractivity contribution in [1.29, 1.82) is 0 Å². The number of fused-ring (bicyclic) bond motifs is 1. The molecule has 0 aliphatic rings. The summed E-state index contributed by atoms with van der Waals surface area (Å²) in [5, 5.41) is 2.98. The van der Waals surface area contributed by atoms with Crippen molar-refractivity contribution in [2.75, 3.05) is 0 Å². The SMILES string of the molecule is O=c1oc2ccccc2c(-c2cccs2)c1-c1ccccc1. The Bertz CT molecular complexity index is 983. The smallest absolute Gasteiger partial charge is 0.344 e. The lowest BCUT2D eigenvalue weighted by molar-refractivity contribution is 0.564. The number of benzene rings is 2. The number of para-hydroxylation sites is 1. The number of hydrogen-bond donors (Lipinski definition) is 0. The number of rotatable bonds is 2. The summed E-state index contributed by atoms with van der Waals surface area (Å²) in [4.78, 5) is 13.7. The van der Waals surface area contributed by atoms with Gasteiger partial charge < -0.3 is 4.42 Å². The van der Waals surface area contributed by atoms with Crippen LogP contribution in [0.3, 0.4) is 0 Å². The first-order valence-electron chi connectivity index (χ1n) is 7.00. The lowest BCUT2D eigenvalue weighted by atomic mass is 9.97. The summed E-state index contributed by atoms with van der Waals surface area (Å²) in [5.41, 5.74) is 2.78. The van der Waals surface area contributed by atoms with E-state index in [2.05, 4.69) is 0 Å². The minimum Gasteiger partial charge on any atom is -0.422 e. The van der Waals surface area contributed by atoms with Gasteiger partial charge in [-0.1, -0.05) is 54.6 Å². The Hall–Kier alpha value is -2.65. The standard InChI is InChI=1S/C19H12O2S/c20-19-17(13-7-2-1-3-8-13)18(16-11-6-12-22-16)14-9-4-5-10-15(14)21-19/h1-12H. The molecule has 3 heteroatoms. The molecule has 0 saturated carbocycles. The normalized spacial score (nSPS) is 10.9. The topological polar surface area (TPSA) is 30.2 Å². The fourth-order valence-electron chi connectivity index (χ4n) is 2.69. The lowest BCUT2D eigenvalue weighted by Crippen LogP contribution is -2.05. The molecule has 2 heterocycles. The Labute approximate surface area is 131 Å². The fraction of sp³-hybridized carbons (Fsp3) is 0. The van der Waals surface area contributed by atoms with Crippen LogP contribution in [0.25, 0.3) is 32.5 Å². The highest BCUT2D eigenvalue weighted by Crippen LogP contribution is 2.37. The zero-order valence-corrected chi connectivity index (χ0v) is 12.5. The molecule has 22 heavy (non-hydrogen) atoms. The van der Waals surface area contributed by atoms with Crippen molar-refractivity contribution in [2.24, 2.45) is 0 Å². The third kappa shape index (κ3) is 2.07. The van der Waals surface area contributed by atoms with Gasteiger partial charge >= 0.3 is 5.63 Å². The molecular weight excluding hydrogens is 292 g/mol. The van der Waals surface area contributed by atoms with Crippen LogP contribution in [-0.4, -0.2) is 0 Å². The van der Waals surface area contributed by atoms with Crippen LogP contribution in [0.4, 0.5) is 0 Å². The molecule has 2 aromatic carbocycles. The molecule has 0 fully saturated rings. The average Bonchev–Trinajstić information content (AvgIpc) is 3.08. The summed E-state index contributed by atoms with van der Waals surface area (Å²) in [7, 11) is 0. The predicted molar refractivity (Wildman–Crippen MR) is 91.2 cm³/mol. The highest BCUT2D eigenvalue weighted by molar-refractivity contribution is 7.13. The van der Waals surface area contributed by atoms with Gasteiger partial charge in [0, 0.05) is 15.8 Å². The van der Waals surface area contributed by atoms with Crippen LogP contribution in [0.5, 0.6) is 0 Å². The van der Waals surface area contributed by atoms with Crippen LogP contribution in [0.1, 0.15) is 0 Å². The number of hydrogen-bond acceptors (Lipinski definition) is 3. The molecule has 0 aliphatic carbocycles. The second-order valence-electron chi connectivity index (χ2n) is 4.98. The van der Waals surface area contributed by atoms with Crippen LogP contribution < -0.4 is 5.63 Å². The van der Waals surface area contributed by atoms with Crippen molar-refractivity contribution in [3.05, 3.63) is 82.5 Å². The molecule has 0 atom stereocenters. The van der Waals surface area contributed by atoms with E-state index in [1.54, 1.807) is 11.3 Å². The van der Waals surface area contributed by atoms with Gasteiger partial charge in [0.25, 0.3) is 0 Å². The van der Waals surface area contributed by atoms with Gasteiger partial charge in [0.2, 0.25) is 0 Å². The molecule has 0 aliphatic heterocycles. The maximum atomic E-state index is 12.6. The zero-order chi connectivity index (χ0) is 14.9. The Balaban J connectivity index is 2.18. The van der Waals surface area contributed by atoms with Crippen molar-refractivity contribution < 1.29 is 4.42 Å². The largest absolute Gasteiger partial charge is 0.422 e. The van der Waals surface area contributed by atoms with Crippen molar-refractivity contribution >= 4 is 22.3 Å². The van der Waals surface area contributed by atoms with Crippen molar-refractivity contribution in [3.8, 4) is 21.6 Å². The van der Waals surface area contributed by atoms with Crippen LogP contribution in [0, 0.1) is 0 Å². The highest BCUT2D eigenvalue weighted by Gasteiger charge is 2.18. The van der Waals surface area contributed by atoms with Crippen LogP contribution in [-0.2, 0) is 0 Å². The van der Waals surface area contributed by atoms with Crippen molar-refractivity contribution in [1.82, 2.24) is 0 Å². The minimum absolute atomic E-state index is 0.298. The summed E-state index contributed by atoms with van der Waals surface area (Å²) in [5.74, 6) is 0. The maximum absolute atomic E-state index is 12.6. The summed E-state index contributed by atoms with van der Waals surface area (Å²) in [6.45, 7) is 0. The van der Waals surface area contributed by atoms with Gasteiger partial charge in [0.05, 0.1) is 5.56 Å². The van der Waals surface area contributed by atoms with Crippen molar-refractivity contribution in [2.45, 2.75) is 0 Å². The van der Waals surface area contributed by atoms with Gasteiger partial charge in [-0.05, 0) is 23.1 Å². The van der Waals surface area contributed by atoms with Crippen LogP contribution >= 0.6 is 11.3 Å². The second kappa shape index (κ2) is 5.28. The Kier molecular flexibility index (Phi) is 3.13. The second-order valence-corrected chi connectivity index (χ2v) is 5.93. The molecular formula is C19H12O2S. The van der Waals surface area contributed by atoms with Gasteiger partial charge in [0.1, 0.15) is 5.58 Å². The van der Waals surface area contributed by atoms with E-state index in [0.717, 1.165) is 21.4 Å². The van der Waals surface area contributed by atoms with E-state index in [9.17, 15) is 4.79 Å². The average molecular weight is 304 g/mol. The molecule has 2 nitrogen and oxygen atoms in total. The molecule has 0 N–H and O–H groups in total. The number of thiophene rings is 1. The Morgan fingerprint density at radius 1 is 0.773 bits per heavy atom. The van der Waals surface area contributed by atoms with Gasteiger partial charge in [-0.3, -0.25) is 0 Å². The molecule has 106 valence electrons. The molecule has 0 unspecified atom stereocenters. The molecule has 0 amide bonds. The quantitative estimate of drug-likeness (QED) is 0.477. The Morgan fingerprint density at radius 3 is 2.32 bits per heavy atom. The van der Waals surface area contributed by atoms with Crippen LogP contribution in [0.2, 0.25) is 0 Å². The van der Waals surface area contributed by atoms with E-state index >= 15 is 0 Å². The summed E-state index contributed by atoms with van der Waals surface area (Å²) in [6.07, 6.45) is 0. The first-order valence-corrected chi connectivity index (χ1v) is 7.88. The first-order chi connectivity index (χ1) is 10.8. The first kappa shape index (κ1) is 13.0. The monoisotopic (exact) mass is 304 g/mol. The third-order valence-electron chi connectivity index (χ3n) is 3.64. The van der Waals surface area contributed by atoms with E-state index in [-0.39, 0.29) is 5.63 Å². The van der Waals surface area contributed by atoms with E-state index in [0.29, 0.717) is 11.1 Å². The third-order valence-corrected chi connectivity index (χ3v) is 4.53. The maximum Gasteiger partial charge on any atom is 0.344 e. The van der Waals surface area contributed by atoms with E-state index in [4.69, 9.17) is 4.42 Å². The molecule has 0 bridgehead atoms. The van der Waals surface area contributed by atoms with Gasteiger partial charge in [-0.15, -0.1) is 11.3 Å². The van der Waals surface area contributed by atoms with E-state index in [1.165, 1.54) is 0 Å². The van der Waals surface area contributed by atoms with Gasteiger partial charge in [0.15, 0.2) is 0 Å². The summed E-state index contributed by atoms with van der Waals surface area (Å²) >= 11 is 1.63. The van der Waals surface area contributed by atoms with Crippen LogP contribution in [0.15, 0.2) is 81.3 Å². The van der Waals surface area contributed by atoms with E-state index < -0.39 is 0 Å². The predicted octanol–water partition coefficient (Wildman–Crippen LogP) is 5.19. The van der Waals surface area contributed by atoms with Gasteiger partial charge in [-0.2, -0.15) is 0 Å². The van der Waals surface area contributed by atoms with Crippen molar-refractivity contribution in [3.63, 3.8) is 0 Å².